The molecule has 0 aromatic rings. The van der Waals surface area contributed by atoms with Gasteiger partial charge < -0.3 is 20.6 Å². The summed E-state index contributed by atoms with van der Waals surface area (Å²) in [4.78, 5) is 24.8. The first-order valence-electron chi connectivity index (χ1n) is 7.39. The summed E-state index contributed by atoms with van der Waals surface area (Å²) in [6, 6.07) is -0.579. The van der Waals surface area contributed by atoms with Gasteiger partial charge in [0.2, 0.25) is 0 Å². The summed E-state index contributed by atoms with van der Waals surface area (Å²) in [6.07, 6.45) is 3.68. The fraction of sp³-hybridized carbons (Fsp3) is 0.857. The minimum Gasteiger partial charge on any atom is -0.480 e. The molecule has 1 atom stereocenters. The van der Waals surface area contributed by atoms with Crippen molar-refractivity contribution in [1.29, 1.82) is 0 Å². The van der Waals surface area contributed by atoms with Crippen molar-refractivity contribution in [2.24, 2.45) is 5.92 Å². The maximum Gasteiger partial charge on any atom is 0.326 e. The molecule has 0 spiro atoms. The lowest BCUT2D eigenvalue weighted by molar-refractivity contribution is -0.139. The van der Waals surface area contributed by atoms with Crippen LogP contribution in [0.15, 0.2) is 0 Å². The maximum atomic E-state index is 11.6. The Morgan fingerprint density at radius 2 is 1.95 bits per heavy atom. The number of rotatable bonds is 9. The zero-order valence-electron chi connectivity index (χ0n) is 12.7. The van der Waals surface area contributed by atoms with Crippen LogP contribution in [0.1, 0.15) is 39.5 Å². The molecule has 1 aliphatic carbocycles. The molecule has 1 unspecified atom stereocenters. The third kappa shape index (κ3) is 6.23. The molecule has 1 rings (SSSR count). The molecule has 0 aliphatic heterocycles. The molecule has 0 radical (unpaired) electrons. The van der Waals surface area contributed by atoms with Gasteiger partial charge in [-0.25, -0.2) is 9.59 Å². The predicted molar refractivity (Wildman–Crippen MR) is 77.7 cm³/mol. The normalized spacial score (nSPS) is 16.2. The van der Waals surface area contributed by atoms with E-state index in [1.54, 1.807) is 0 Å². The van der Waals surface area contributed by atoms with E-state index < -0.39 is 12.0 Å². The Morgan fingerprint density at radius 3 is 2.45 bits per heavy atom. The topological polar surface area (TPSA) is 81.7 Å². The van der Waals surface area contributed by atoms with Gasteiger partial charge in [0, 0.05) is 12.6 Å². The molecule has 3 N–H and O–H groups in total. The molecule has 6 nitrogen and oxygen atoms in total. The average molecular weight is 285 g/mol. The van der Waals surface area contributed by atoms with Gasteiger partial charge in [-0.3, -0.25) is 0 Å². The third-order valence-electron chi connectivity index (χ3n) is 3.75. The van der Waals surface area contributed by atoms with E-state index in [0.29, 0.717) is 12.6 Å². The number of urea groups is 1. The molecule has 0 bridgehead atoms. The number of hydrogen-bond donors (Lipinski definition) is 3. The largest absolute Gasteiger partial charge is 0.480 e. The van der Waals surface area contributed by atoms with Crippen LogP contribution in [0.2, 0.25) is 0 Å². The monoisotopic (exact) mass is 285 g/mol. The third-order valence-corrected chi connectivity index (χ3v) is 3.75. The van der Waals surface area contributed by atoms with Crippen LogP contribution in [0.5, 0.6) is 0 Å². The van der Waals surface area contributed by atoms with Gasteiger partial charge in [-0.05, 0) is 59.0 Å². The fourth-order valence-electron chi connectivity index (χ4n) is 1.95. The highest BCUT2D eigenvalue weighted by Gasteiger charge is 2.37. The molecule has 0 aromatic heterocycles. The number of carbonyl (C=O) groups excluding carboxylic acids is 1. The molecule has 116 valence electrons. The zero-order chi connectivity index (χ0) is 15.1. The molecular formula is C14H27N3O3. The van der Waals surface area contributed by atoms with E-state index in [0.717, 1.165) is 32.2 Å². The smallest absolute Gasteiger partial charge is 0.326 e. The Morgan fingerprint density at radius 1 is 1.30 bits per heavy atom. The average Bonchev–Trinajstić information content (AvgIpc) is 3.18. The number of unbranched alkanes of at least 4 members (excludes halogenated alkanes) is 1. The highest BCUT2D eigenvalue weighted by Crippen LogP contribution is 2.32. The van der Waals surface area contributed by atoms with E-state index in [-0.39, 0.29) is 11.9 Å². The second-order valence-electron chi connectivity index (χ2n) is 5.84. The first-order valence-corrected chi connectivity index (χ1v) is 7.39. The molecule has 1 aliphatic rings. The molecular weight excluding hydrogens is 258 g/mol. The van der Waals surface area contributed by atoms with Crippen LogP contribution in [0, 0.1) is 5.92 Å². The highest BCUT2D eigenvalue weighted by molar-refractivity contribution is 5.83. The fourth-order valence-corrected chi connectivity index (χ4v) is 1.95. The summed E-state index contributed by atoms with van der Waals surface area (Å²) in [7, 11) is 2.08. The minimum absolute atomic E-state index is 0.109. The van der Waals surface area contributed by atoms with Gasteiger partial charge in [-0.1, -0.05) is 0 Å². The Labute approximate surface area is 120 Å². The van der Waals surface area contributed by atoms with Gasteiger partial charge in [0.1, 0.15) is 6.04 Å². The van der Waals surface area contributed by atoms with Crippen LogP contribution in [0.3, 0.4) is 0 Å². The van der Waals surface area contributed by atoms with Gasteiger partial charge >= 0.3 is 12.0 Å². The number of carbonyl (C=O) groups is 2. The van der Waals surface area contributed by atoms with Crippen molar-refractivity contribution in [3.63, 3.8) is 0 Å². The number of carboxylic acids is 1. The molecule has 2 amide bonds. The van der Waals surface area contributed by atoms with Gasteiger partial charge in [0.05, 0.1) is 0 Å². The number of hydrogen-bond acceptors (Lipinski definition) is 3. The van der Waals surface area contributed by atoms with E-state index >= 15 is 0 Å². The van der Waals surface area contributed by atoms with Crippen LogP contribution in [-0.4, -0.2) is 54.2 Å². The van der Waals surface area contributed by atoms with Crippen molar-refractivity contribution >= 4 is 12.0 Å². The van der Waals surface area contributed by atoms with Crippen molar-refractivity contribution in [3.8, 4) is 0 Å². The minimum atomic E-state index is -0.943. The van der Waals surface area contributed by atoms with Crippen LogP contribution in [0.4, 0.5) is 4.79 Å². The summed E-state index contributed by atoms with van der Waals surface area (Å²) in [5.74, 6) is -0.834. The number of nitrogens with one attached hydrogen (secondary N) is 2. The van der Waals surface area contributed by atoms with Gasteiger partial charge in [0.15, 0.2) is 0 Å². The molecule has 1 fully saturated rings. The molecule has 0 aromatic carbocycles. The Kier molecular flexibility index (Phi) is 6.78. The highest BCUT2D eigenvalue weighted by atomic mass is 16.4. The molecule has 6 heteroatoms. The van der Waals surface area contributed by atoms with Crippen LogP contribution < -0.4 is 10.6 Å². The van der Waals surface area contributed by atoms with Crippen LogP contribution >= 0.6 is 0 Å². The number of amides is 2. The Bertz CT molecular complexity index is 330. The SMILES string of the molecule is CC(C)N(C)CCCCNC(=O)NC(C(=O)O)C1CC1. The zero-order valence-corrected chi connectivity index (χ0v) is 12.7. The second kappa shape index (κ2) is 8.09. The van der Waals surface area contributed by atoms with Crippen molar-refractivity contribution in [2.75, 3.05) is 20.1 Å². The Balaban J connectivity index is 2.09. The molecule has 1 saturated carbocycles. The lowest BCUT2D eigenvalue weighted by Crippen LogP contribution is -2.47. The standard InChI is InChI=1S/C14H27N3O3/c1-10(2)17(3)9-5-4-8-15-14(20)16-12(13(18)19)11-6-7-11/h10-12H,4-9H2,1-3H3,(H,18,19)(H2,15,16,20). The van der Waals surface area contributed by atoms with E-state index in [1.807, 2.05) is 0 Å². The van der Waals surface area contributed by atoms with Gasteiger partial charge in [-0.15, -0.1) is 0 Å². The van der Waals surface area contributed by atoms with Crippen LogP contribution in [-0.2, 0) is 4.79 Å². The van der Waals surface area contributed by atoms with Crippen molar-refractivity contribution in [2.45, 2.75) is 51.6 Å². The summed E-state index contributed by atoms with van der Waals surface area (Å²) >= 11 is 0. The molecule has 0 saturated heterocycles. The van der Waals surface area contributed by atoms with E-state index in [2.05, 4.69) is 36.4 Å². The van der Waals surface area contributed by atoms with E-state index in [4.69, 9.17) is 5.11 Å². The first-order chi connectivity index (χ1) is 9.41. The van der Waals surface area contributed by atoms with Crippen LogP contribution in [0.25, 0.3) is 0 Å². The summed E-state index contributed by atoms with van der Waals surface area (Å²) in [5.41, 5.74) is 0. The number of aliphatic carboxylic acids is 1. The van der Waals surface area contributed by atoms with Crippen molar-refractivity contribution in [3.05, 3.63) is 0 Å². The van der Waals surface area contributed by atoms with Crippen molar-refractivity contribution < 1.29 is 14.7 Å². The Hall–Kier alpha value is -1.30. The first kappa shape index (κ1) is 16.8. The van der Waals surface area contributed by atoms with Gasteiger partial charge in [-0.2, -0.15) is 0 Å². The molecule has 20 heavy (non-hydrogen) atoms. The lowest BCUT2D eigenvalue weighted by atomic mass is 10.2. The van der Waals surface area contributed by atoms with E-state index in [1.165, 1.54) is 0 Å². The number of nitrogens with zero attached hydrogens (tertiary/aromatic N) is 1. The maximum absolute atomic E-state index is 11.6. The van der Waals surface area contributed by atoms with Crippen molar-refractivity contribution in [1.82, 2.24) is 15.5 Å². The second-order valence-corrected chi connectivity index (χ2v) is 5.84. The number of carboxylic acid groups (broad SMARTS) is 1. The quantitative estimate of drug-likeness (QED) is 0.557. The van der Waals surface area contributed by atoms with E-state index in [9.17, 15) is 9.59 Å². The summed E-state index contributed by atoms with van der Waals surface area (Å²) in [5, 5.41) is 14.3. The van der Waals surface area contributed by atoms with Gasteiger partial charge in [0.25, 0.3) is 0 Å². The molecule has 0 heterocycles. The lowest BCUT2D eigenvalue weighted by Gasteiger charge is -2.20. The predicted octanol–water partition coefficient (Wildman–Crippen LogP) is 1.27. The summed E-state index contributed by atoms with van der Waals surface area (Å²) in [6.45, 7) is 5.88. The summed E-state index contributed by atoms with van der Waals surface area (Å²) < 4.78 is 0.